The van der Waals surface area contributed by atoms with Crippen molar-refractivity contribution in [1.82, 2.24) is 15.2 Å². The Hall–Kier alpha value is -0.880. The van der Waals surface area contributed by atoms with Gasteiger partial charge < -0.3 is 10.2 Å². The second-order valence-electron chi connectivity index (χ2n) is 6.33. The highest BCUT2D eigenvalue weighted by Crippen LogP contribution is 2.23. The summed E-state index contributed by atoms with van der Waals surface area (Å²) in [6.45, 7) is 2.86. The van der Waals surface area contributed by atoms with E-state index < -0.39 is 0 Å². The normalized spacial score (nSPS) is 17.0. The number of para-hydroxylation sites is 1. The molecule has 2 aromatic rings. The summed E-state index contributed by atoms with van der Waals surface area (Å²) in [5.74, 6) is 0.925. The lowest BCUT2D eigenvalue weighted by molar-refractivity contribution is -0.133. The maximum Gasteiger partial charge on any atom is 0.222 e. The van der Waals surface area contributed by atoms with Crippen LogP contribution in [0.15, 0.2) is 24.3 Å². The Kier molecular flexibility index (Phi) is 9.72. The minimum Gasteiger partial charge on any atom is -0.342 e. The lowest BCUT2D eigenvalue weighted by Gasteiger charge is -2.32. The molecule has 1 aliphatic rings. The number of carbonyl (C=O) groups is 1. The van der Waals surface area contributed by atoms with Crippen LogP contribution in [0.4, 0.5) is 0 Å². The summed E-state index contributed by atoms with van der Waals surface area (Å²) >= 11 is 1.75. The molecule has 0 saturated carbocycles. The molecule has 1 aliphatic heterocycles. The largest absolute Gasteiger partial charge is 0.342 e. The fourth-order valence-corrected chi connectivity index (χ4v) is 4.33. The van der Waals surface area contributed by atoms with E-state index in [1.165, 1.54) is 11.1 Å². The standard InChI is InChI=1S/C18H25N3OS.2ClH/c1-19-12-14-6-5-11-21(13-14)18(22)10-4-9-17-20-15-7-2-3-8-16(15)23-17;;/h2-3,7-8,14,19H,4-6,9-13H2,1H3;2*1H. The lowest BCUT2D eigenvalue weighted by atomic mass is 9.97. The first kappa shape index (κ1) is 22.2. The second kappa shape index (κ2) is 11.0. The number of fused-ring (bicyclic) bond motifs is 1. The van der Waals surface area contributed by atoms with Crippen molar-refractivity contribution >= 4 is 52.3 Å². The molecule has 1 aromatic carbocycles. The molecule has 1 unspecified atom stereocenters. The van der Waals surface area contributed by atoms with E-state index in [1.807, 2.05) is 19.2 Å². The number of hydrogen-bond donors (Lipinski definition) is 1. The highest BCUT2D eigenvalue weighted by atomic mass is 35.5. The molecule has 25 heavy (non-hydrogen) atoms. The minimum atomic E-state index is 0. The number of benzene rings is 1. The fraction of sp³-hybridized carbons (Fsp3) is 0.556. The molecule has 0 radical (unpaired) electrons. The van der Waals surface area contributed by atoms with Crippen molar-refractivity contribution in [2.45, 2.75) is 32.1 Å². The van der Waals surface area contributed by atoms with Gasteiger partial charge in [-0.25, -0.2) is 4.98 Å². The summed E-state index contributed by atoms with van der Waals surface area (Å²) in [4.78, 5) is 19.1. The van der Waals surface area contributed by atoms with Crippen LogP contribution in [0.3, 0.4) is 0 Å². The highest BCUT2D eigenvalue weighted by molar-refractivity contribution is 7.18. The molecule has 2 heterocycles. The fourth-order valence-electron chi connectivity index (χ4n) is 3.32. The van der Waals surface area contributed by atoms with Crippen LogP contribution in [0, 0.1) is 5.92 Å². The van der Waals surface area contributed by atoms with E-state index in [2.05, 4.69) is 27.3 Å². The molecular weight excluding hydrogens is 377 g/mol. The molecule has 1 fully saturated rings. The van der Waals surface area contributed by atoms with Crippen LogP contribution in [-0.2, 0) is 11.2 Å². The molecule has 0 aliphatic carbocycles. The molecule has 140 valence electrons. The summed E-state index contributed by atoms with van der Waals surface area (Å²) < 4.78 is 1.24. The quantitative estimate of drug-likeness (QED) is 0.794. The van der Waals surface area contributed by atoms with Crippen LogP contribution in [0.2, 0.25) is 0 Å². The number of rotatable bonds is 6. The number of carbonyl (C=O) groups excluding carboxylic acids is 1. The highest BCUT2D eigenvalue weighted by Gasteiger charge is 2.22. The number of thiazole rings is 1. The summed E-state index contributed by atoms with van der Waals surface area (Å²) in [5.41, 5.74) is 1.07. The van der Waals surface area contributed by atoms with E-state index >= 15 is 0 Å². The van der Waals surface area contributed by atoms with Gasteiger partial charge in [-0.15, -0.1) is 36.2 Å². The maximum absolute atomic E-state index is 12.4. The predicted molar refractivity (Wildman–Crippen MR) is 110 cm³/mol. The minimum absolute atomic E-state index is 0. The molecule has 0 bridgehead atoms. The summed E-state index contributed by atoms with van der Waals surface area (Å²) in [5, 5.41) is 4.37. The third-order valence-electron chi connectivity index (χ3n) is 4.48. The van der Waals surface area contributed by atoms with Gasteiger partial charge in [-0.1, -0.05) is 12.1 Å². The van der Waals surface area contributed by atoms with Gasteiger partial charge in [-0.05, 0) is 57.3 Å². The van der Waals surface area contributed by atoms with E-state index in [0.29, 0.717) is 18.2 Å². The number of halogens is 2. The molecule has 1 amide bonds. The van der Waals surface area contributed by atoms with Crippen molar-refractivity contribution in [3.05, 3.63) is 29.3 Å². The predicted octanol–water partition coefficient (Wildman–Crippen LogP) is 3.92. The van der Waals surface area contributed by atoms with Crippen LogP contribution >= 0.6 is 36.2 Å². The zero-order valence-corrected chi connectivity index (χ0v) is 17.0. The van der Waals surface area contributed by atoms with E-state index in [-0.39, 0.29) is 24.8 Å². The van der Waals surface area contributed by atoms with Gasteiger partial charge in [0.1, 0.15) is 0 Å². The number of piperidine rings is 1. The molecule has 1 atom stereocenters. The zero-order valence-electron chi connectivity index (χ0n) is 14.6. The van der Waals surface area contributed by atoms with Crippen molar-refractivity contribution in [3.63, 3.8) is 0 Å². The number of nitrogens with one attached hydrogen (secondary N) is 1. The van der Waals surface area contributed by atoms with Gasteiger partial charge in [-0.3, -0.25) is 4.79 Å². The third kappa shape index (κ3) is 6.10. The molecule has 0 spiro atoms. The number of aryl methyl sites for hydroxylation is 1. The third-order valence-corrected chi connectivity index (χ3v) is 5.58. The molecule has 3 rings (SSSR count). The molecular formula is C18H27Cl2N3OS. The van der Waals surface area contributed by atoms with Crippen molar-refractivity contribution in [2.75, 3.05) is 26.7 Å². The SMILES string of the molecule is CNCC1CCCN(C(=O)CCCc2nc3ccccc3s2)C1.Cl.Cl. The van der Waals surface area contributed by atoms with Crippen LogP contribution in [0.1, 0.15) is 30.7 Å². The smallest absolute Gasteiger partial charge is 0.222 e. The number of amides is 1. The summed E-state index contributed by atoms with van der Waals surface area (Å²) in [6, 6.07) is 8.23. The van der Waals surface area contributed by atoms with E-state index in [1.54, 1.807) is 11.3 Å². The summed E-state index contributed by atoms with van der Waals surface area (Å²) in [6.07, 6.45) is 4.80. The van der Waals surface area contributed by atoms with Gasteiger partial charge in [0, 0.05) is 19.5 Å². The Bertz CT molecular complexity index is 630. The first-order valence-corrected chi connectivity index (χ1v) is 9.34. The van der Waals surface area contributed by atoms with Crippen LogP contribution in [0.5, 0.6) is 0 Å². The van der Waals surface area contributed by atoms with Crippen LogP contribution in [0.25, 0.3) is 10.2 Å². The molecule has 1 aromatic heterocycles. The van der Waals surface area contributed by atoms with Crippen molar-refractivity contribution < 1.29 is 4.79 Å². The van der Waals surface area contributed by atoms with Crippen molar-refractivity contribution in [2.24, 2.45) is 5.92 Å². The van der Waals surface area contributed by atoms with Gasteiger partial charge in [0.05, 0.1) is 15.2 Å². The molecule has 1 N–H and O–H groups in total. The summed E-state index contributed by atoms with van der Waals surface area (Å²) in [7, 11) is 1.98. The van der Waals surface area contributed by atoms with E-state index in [9.17, 15) is 4.79 Å². The van der Waals surface area contributed by atoms with Gasteiger partial charge in [0.25, 0.3) is 0 Å². The van der Waals surface area contributed by atoms with Gasteiger partial charge >= 0.3 is 0 Å². The Morgan fingerprint density at radius 3 is 2.92 bits per heavy atom. The second-order valence-corrected chi connectivity index (χ2v) is 7.45. The average molecular weight is 404 g/mol. The monoisotopic (exact) mass is 403 g/mol. The number of aromatic nitrogens is 1. The van der Waals surface area contributed by atoms with Crippen LogP contribution < -0.4 is 5.32 Å². The van der Waals surface area contributed by atoms with Crippen LogP contribution in [-0.4, -0.2) is 42.5 Å². The Labute approximate surface area is 166 Å². The molecule has 7 heteroatoms. The van der Waals surface area contributed by atoms with Crippen molar-refractivity contribution in [3.8, 4) is 0 Å². The first-order valence-electron chi connectivity index (χ1n) is 8.53. The lowest BCUT2D eigenvalue weighted by Crippen LogP contribution is -2.42. The molecule has 4 nitrogen and oxygen atoms in total. The topological polar surface area (TPSA) is 45.2 Å². The molecule has 1 saturated heterocycles. The Balaban J connectivity index is 0.00000156. The van der Waals surface area contributed by atoms with Crippen molar-refractivity contribution in [1.29, 1.82) is 0 Å². The number of hydrogen-bond acceptors (Lipinski definition) is 4. The van der Waals surface area contributed by atoms with Gasteiger partial charge in [-0.2, -0.15) is 0 Å². The number of nitrogens with zero attached hydrogens (tertiary/aromatic N) is 2. The zero-order chi connectivity index (χ0) is 16.1. The number of likely N-dealkylation sites (tertiary alicyclic amines) is 1. The van der Waals surface area contributed by atoms with E-state index in [4.69, 9.17) is 0 Å². The van der Waals surface area contributed by atoms with Gasteiger partial charge in [0.2, 0.25) is 5.91 Å². The average Bonchev–Trinajstić information content (AvgIpc) is 2.98. The van der Waals surface area contributed by atoms with E-state index in [0.717, 1.165) is 49.4 Å². The van der Waals surface area contributed by atoms with Gasteiger partial charge in [0.15, 0.2) is 0 Å². The Morgan fingerprint density at radius 2 is 2.16 bits per heavy atom. The maximum atomic E-state index is 12.4. The Morgan fingerprint density at radius 1 is 1.36 bits per heavy atom. The first-order chi connectivity index (χ1) is 11.3.